The van der Waals surface area contributed by atoms with Crippen LogP contribution in [0.2, 0.25) is 0 Å². The smallest absolute Gasteiger partial charge is 0.255 e. The van der Waals surface area contributed by atoms with Gasteiger partial charge in [0.1, 0.15) is 0 Å². The van der Waals surface area contributed by atoms with E-state index in [1.54, 1.807) is 11.8 Å². The lowest BCUT2D eigenvalue weighted by Crippen LogP contribution is -2.49. The van der Waals surface area contributed by atoms with Crippen LogP contribution in [0.3, 0.4) is 0 Å². The van der Waals surface area contributed by atoms with Gasteiger partial charge in [-0.05, 0) is 41.9 Å². The molecular weight excluding hydrogens is 330 g/mol. The Hall–Kier alpha value is -0.880. The van der Waals surface area contributed by atoms with Gasteiger partial charge in [0.25, 0.3) is 5.91 Å². The van der Waals surface area contributed by atoms with E-state index in [4.69, 9.17) is 0 Å². The second kappa shape index (κ2) is 5.25. The number of carbonyl (C=O) groups is 1. The van der Waals surface area contributed by atoms with Crippen molar-refractivity contribution in [3.8, 4) is 0 Å². The molecule has 0 radical (unpaired) electrons. The number of rotatable bonds is 1. The molecule has 1 saturated heterocycles. The number of halogens is 1. The van der Waals surface area contributed by atoms with Crippen molar-refractivity contribution < 1.29 is 13.2 Å². The minimum atomic E-state index is -3.00. The van der Waals surface area contributed by atoms with Crippen LogP contribution >= 0.6 is 15.9 Å². The molecule has 0 N–H and O–H groups in total. The lowest BCUT2D eigenvalue weighted by molar-refractivity contribution is 0.0711. The van der Waals surface area contributed by atoms with E-state index in [1.165, 1.54) is 0 Å². The SMILES string of the molecule is Cc1ccc(Br)c(C(=O)N2CCS(=O)(=O)CC2C)c1. The normalized spacial score (nSPS) is 22.3. The van der Waals surface area contributed by atoms with Gasteiger partial charge in [0, 0.05) is 17.1 Å². The minimum absolute atomic E-state index is 0.0438. The monoisotopic (exact) mass is 345 g/mol. The summed E-state index contributed by atoms with van der Waals surface area (Å²) in [5, 5.41) is 0. The molecule has 0 aliphatic carbocycles. The lowest BCUT2D eigenvalue weighted by Gasteiger charge is -2.33. The van der Waals surface area contributed by atoms with E-state index in [-0.39, 0.29) is 30.0 Å². The van der Waals surface area contributed by atoms with Crippen molar-refractivity contribution in [1.29, 1.82) is 0 Å². The van der Waals surface area contributed by atoms with Crippen LogP contribution in [0.15, 0.2) is 22.7 Å². The predicted octanol–water partition coefficient (Wildman–Crippen LogP) is 2.02. The van der Waals surface area contributed by atoms with Crippen molar-refractivity contribution in [2.24, 2.45) is 0 Å². The van der Waals surface area contributed by atoms with Crippen molar-refractivity contribution in [1.82, 2.24) is 4.90 Å². The Bertz CT molecular complexity index is 612. The Morgan fingerprint density at radius 3 is 2.74 bits per heavy atom. The molecule has 1 aromatic rings. The first-order chi connectivity index (χ1) is 8.80. The highest BCUT2D eigenvalue weighted by Gasteiger charge is 2.32. The minimum Gasteiger partial charge on any atom is -0.334 e. The Morgan fingerprint density at radius 1 is 1.42 bits per heavy atom. The van der Waals surface area contributed by atoms with Crippen molar-refractivity contribution >= 4 is 31.7 Å². The molecule has 1 atom stereocenters. The molecule has 0 bridgehead atoms. The number of hydrogen-bond acceptors (Lipinski definition) is 3. The number of sulfone groups is 1. The molecule has 1 unspecified atom stereocenters. The van der Waals surface area contributed by atoms with Gasteiger partial charge < -0.3 is 4.90 Å². The highest BCUT2D eigenvalue weighted by molar-refractivity contribution is 9.10. The molecular formula is C13H16BrNO3S. The van der Waals surface area contributed by atoms with Gasteiger partial charge in [-0.15, -0.1) is 0 Å². The molecule has 4 nitrogen and oxygen atoms in total. The molecule has 1 aromatic carbocycles. The molecule has 1 amide bonds. The van der Waals surface area contributed by atoms with E-state index >= 15 is 0 Å². The average molecular weight is 346 g/mol. The lowest BCUT2D eigenvalue weighted by atomic mass is 10.1. The summed E-state index contributed by atoms with van der Waals surface area (Å²) in [7, 11) is -3.00. The first-order valence-corrected chi connectivity index (χ1v) is 8.69. The van der Waals surface area contributed by atoms with Gasteiger partial charge in [0.2, 0.25) is 0 Å². The van der Waals surface area contributed by atoms with E-state index in [0.717, 1.165) is 10.0 Å². The van der Waals surface area contributed by atoms with Crippen molar-refractivity contribution in [2.75, 3.05) is 18.1 Å². The molecule has 104 valence electrons. The molecule has 0 spiro atoms. The zero-order chi connectivity index (χ0) is 14.2. The third-order valence-electron chi connectivity index (χ3n) is 3.28. The summed E-state index contributed by atoms with van der Waals surface area (Å²) in [6.45, 7) is 3.97. The summed E-state index contributed by atoms with van der Waals surface area (Å²) in [4.78, 5) is 14.1. The number of aryl methyl sites for hydroxylation is 1. The maximum Gasteiger partial charge on any atom is 0.255 e. The van der Waals surface area contributed by atoms with Crippen LogP contribution in [-0.2, 0) is 9.84 Å². The van der Waals surface area contributed by atoms with E-state index in [0.29, 0.717) is 5.56 Å². The van der Waals surface area contributed by atoms with E-state index in [9.17, 15) is 13.2 Å². The number of benzene rings is 1. The Morgan fingerprint density at radius 2 is 2.11 bits per heavy atom. The maximum atomic E-state index is 12.5. The molecule has 19 heavy (non-hydrogen) atoms. The second-order valence-electron chi connectivity index (χ2n) is 4.95. The summed E-state index contributed by atoms with van der Waals surface area (Å²) >= 11 is 3.37. The maximum absolute atomic E-state index is 12.5. The number of amides is 1. The molecule has 1 aliphatic heterocycles. The Kier molecular flexibility index (Phi) is 4.01. The molecule has 2 rings (SSSR count). The van der Waals surface area contributed by atoms with E-state index < -0.39 is 9.84 Å². The average Bonchev–Trinajstić information content (AvgIpc) is 2.30. The fourth-order valence-corrected chi connectivity index (χ4v) is 4.23. The standard InChI is InChI=1S/C13H16BrNO3S/c1-9-3-4-12(14)11(7-9)13(16)15-5-6-19(17,18)8-10(15)2/h3-4,7,10H,5-6,8H2,1-2H3. The molecule has 0 saturated carbocycles. The fraction of sp³-hybridized carbons (Fsp3) is 0.462. The van der Waals surface area contributed by atoms with Gasteiger partial charge in [-0.3, -0.25) is 4.79 Å². The molecule has 1 aliphatic rings. The van der Waals surface area contributed by atoms with Gasteiger partial charge in [0.05, 0.1) is 17.1 Å². The summed E-state index contributed by atoms with van der Waals surface area (Å²) < 4.78 is 23.8. The zero-order valence-electron chi connectivity index (χ0n) is 10.9. The quantitative estimate of drug-likeness (QED) is 0.782. The van der Waals surface area contributed by atoms with E-state index in [2.05, 4.69) is 15.9 Å². The van der Waals surface area contributed by atoms with Gasteiger partial charge in [-0.25, -0.2) is 8.42 Å². The number of carbonyl (C=O) groups excluding carboxylic acids is 1. The van der Waals surface area contributed by atoms with Gasteiger partial charge in [-0.1, -0.05) is 11.6 Å². The highest BCUT2D eigenvalue weighted by Crippen LogP contribution is 2.22. The summed E-state index contributed by atoms with van der Waals surface area (Å²) in [5.41, 5.74) is 1.59. The summed E-state index contributed by atoms with van der Waals surface area (Å²) in [6, 6.07) is 5.31. The second-order valence-corrected chi connectivity index (χ2v) is 8.03. The van der Waals surface area contributed by atoms with Crippen LogP contribution in [0.5, 0.6) is 0 Å². The van der Waals surface area contributed by atoms with Crippen LogP contribution in [-0.4, -0.2) is 43.3 Å². The number of nitrogens with zero attached hydrogens (tertiary/aromatic N) is 1. The van der Waals surface area contributed by atoms with Crippen LogP contribution in [0.25, 0.3) is 0 Å². The van der Waals surface area contributed by atoms with E-state index in [1.807, 2.05) is 25.1 Å². The molecule has 1 fully saturated rings. The molecule has 1 heterocycles. The van der Waals surface area contributed by atoms with Crippen molar-refractivity contribution in [2.45, 2.75) is 19.9 Å². The van der Waals surface area contributed by atoms with Crippen molar-refractivity contribution in [3.05, 3.63) is 33.8 Å². The van der Waals surface area contributed by atoms with Gasteiger partial charge >= 0.3 is 0 Å². The van der Waals surface area contributed by atoms with Crippen LogP contribution in [0.4, 0.5) is 0 Å². The van der Waals surface area contributed by atoms with Crippen molar-refractivity contribution in [3.63, 3.8) is 0 Å². The predicted molar refractivity (Wildman–Crippen MR) is 78.0 cm³/mol. The summed E-state index contributed by atoms with van der Waals surface area (Å²) in [5.74, 6) is -0.0210. The Balaban J connectivity index is 2.27. The third kappa shape index (κ3) is 3.17. The zero-order valence-corrected chi connectivity index (χ0v) is 13.3. The molecule has 6 heteroatoms. The van der Waals surface area contributed by atoms with Gasteiger partial charge in [0.15, 0.2) is 9.84 Å². The topological polar surface area (TPSA) is 54.5 Å². The number of hydrogen-bond donors (Lipinski definition) is 0. The van der Waals surface area contributed by atoms with Crippen LogP contribution in [0.1, 0.15) is 22.8 Å². The van der Waals surface area contributed by atoms with Crippen LogP contribution < -0.4 is 0 Å². The first kappa shape index (κ1) is 14.5. The largest absolute Gasteiger partial charge is 0.334 e. The highest BCUT2D eigenvalue weighted by atomic mass is 79.9. The Labute approximate surface area is 121 Å². The fourth-order valence-electron chi connectivity index (χ4n) is 2.26. The summed E-state index contributed by atoms with van der Waals surface area (Å²) in [6.07, 6.45) is 0. The third-order valence-corrected chi connectivity index (χ3v) is 5.77. The van der Waals surface area contributed by atoms with Gasteiger partial charge in [-0.2, -0.15) is 0 Å². The first-order valence-electron chi connectivity index (χ1n) is 6.08. The molecule has 0 aromatic heterocycles. The van der Waals surface area contributed by atoms with Crippen LogP contribution in [0, 0.1) is 6.92 Å².